The Morgan fingerprint density at radius 2 is 2.17 bits per heavy atom. The normalized spacial score (nSPS) is 15.9. The molecule has 8 nitrogen and oxygen atoms in total. The number of carbonyl (C=O) groups is 1. The Bertz CT molecular complexity index is 757. The molecule has 0 spiro atoms. The lowest BCUT2D eigenvalue weighted by atomic mass is 10.1. The van der Waals surface area contributed by atoms with Gasteiger partial charge in [0.25, 0.3) is 0 Å². The van der Waals surface area contributed by atoms with Gasteiger partial charge in [-0.15, -0.1) is 0 Å². The van der Waals surface area contributed by atoms with E-state index in [1.165, 1.54) is 12.7 Å². The maximum absolute atomic E-state index is 12.5. The molecule has 3 rings (SSSR count). The van der Waals surface area contributed by atoms with Gasteiger partial charge < -0.3 is 10.2 Å². The summed E-state index contributed by atoms with van der Waals surface area (Å²) in [4.78, 5) is 23.0. The van der Waals surface area contributed by atoms with E-state index in [0.29, 0.717) is 24.4 Å². The summed E-state index contributed by atoms with van der Waals surface area (Å²) in [5.74, 6) is 0.694. The third kappa shape index (κ3) is 3.30. The molecule has 2 aromatic heterocycles. The summed E-state index contributed by atoms with van der Waals surface area (Å²) >= 11 is 0. The van der Waals surface area contributed by atoms with Crippen molar-refractivity contribution in [2.45, 2.75) is 45.2 Å². The molecular formula is C16H21N7O. The number of anilines is 1. The second-order valence-electron chi connectivity index (χ2n) is 5.99. The molecule has 0 unspecified atom stereocenters. The zero-order chi connectivity index (χ0) is 16.9. The Labute approximate surface area is 140 Å². The molecule has 0 aliphatic carbocycles. The van der Waals surface area contributed by atoms with Crippen molar-refractivity contribution in [1.29, 1.82) is 5.26 Å². The summed E-state index contributed by atoms with van der Waals surface area (Å²) < 4.78 is 1.68. The van der Waals surface area contributed by atoms with Crippen LogP contribution >= 0.6 is 0 Å². The van der Waals surface area contributed by atoms with E-state index in [0.717, 1.165) is 31.3 Å². The number of hydrogen-bond donors (Lipinski definition) is 1. The third-order valence-corrected chi connectivity index (χ3v) is 4.26. The van der Waals surface area contributed by atoms with E-state index in [4.69, 9.17) is 5.26 Å². The van der Waals surface area contributed by atoms with Gasteiger partial charge in [0.2, 0.25) is 5.91 Å². The maximum Gasteiger partial charge on any atom is 0.244 e. The number of nitrogens with zero attached hydrogens (tertiary/aromatic N) is 6. The van der Waals surface area contributed by atoms with Crippen LogP contribution in [0.3, 0.4) is 0 Å². The first-order chi connectivity index (χ1) is 11.7. The molecule has 1 aliphatic heterocycles. The van der Waals surface area contributed by atoms with Gasteiger partial charge in [-0.3, -0.25) is 4.79 Å². The van der Waals surface area contributed by atoms with E-state index in [9.17, 15) is 4.79 Å². The van der Waals surface area contributed by atoms with E-state index >= 15 is 0 Å². The lowest BCUT2D eigenvalue weighted by Gasteiger charge is -2.29. The second-order valence-corrected chi connectivity index (χ2v) is 5.99. The van der Waals surface area contributed by atoms with Gasteiger partial charge in [-0.25, -0.2) is 14.6 Å². The average molecular weight is 327 g/mol. The predicted octanol–water partition coefficient (Wildman–Crippen LogP) is 1.55. The molecule has 126 valence electrons. The molecule has 24 heavy (non-hydrogen) atoms. The highest BCUT2D eigenvalue weighted by molar-refractivity contribution is 5.90. The van der Waals surface area contributed by atoms with Crippen LogP contribution < -0.4 is 5.32 Å². The van der Waals surface area contributed by atoms with Crippen molar-refractivity contribution in [2.75, 3.05) is 18.4 Å². The second kappa shape index (κ2) is 7.25. The predicted molar refractivity (Wildman–Crippen MR) is 89.1 cm³/mol. The van der Waals surface area contributed by atoms with E-state index in [2.05, 4.69) is 26.5 Å². The maximum atomic E-state index is 12.5. The van der Waals surface area contributed by atoms with Gasteiger partial charge in [0.05, 0.1) is 30.6 Å². The van der Waals surface area contributed by atoms with Crippen LogP contribution in [-0.4, -0.2) is 49.7 Å². The molecule has 2 aromatic rings. The standard InChI is InChI=1S/C16H21N7O/c1-12(16(24)22-7-3-2-4-8-22)21-14-13-10-20-23(9-5-6-17)15(13)19-11-18-14/h10-12H,2-5,7-9H2,1H3,(H,18,19,21)/t12-/m0/s1. The van der Waals surface area contributed by atoms with Gasteiger partial charge >= 0.3 is 0 Å². The Kier molecular flexibility index (Phi) is 4.89. The quantitative estimate of drug-likeness (QED) is 0.894. The minimum absolute atomic E-state index is 0.0957. The summed E-state index contributed by atoms with van der Waals surface area (Å²) in [6.07, 6.45) is 6.83. The lowest BCUT2D eigenvalue weighted by Crippen LogP contribution is -2.44. The molecule has 1 amide bonds. The highest BCUT2D eigenvalue weighted by Gasteiger charge is 2.23. The number of aromatic nitrogens is 4. The number of nitriles is 1. The number of aryl methyl sites for hydroxylation is 1. The van der Waals surface area contributed by atoms with Crippen LogP contribution in [0.5, 0.6) is 0 Å². The molecule has 0 saturated carbocycles. The van der Waals surface area contributed by atoms with Crippen LogP contribution in [0.15, 0.2) is 12.5 Å². The average Bonchev–Trinajstić information content (AvgIpc) is 3.04. The van der Waals surface area contributed by atoms with Gasteiger partial charge in [-0.1, -0.05) is 0 Å². The third-order valence-electron chi connectivity index (χ3n) is 4.26. The first kappa shape index (κ1) is 16.2. The Hall–Kier alpha value is -2.69. The molecule has 0 bridgehead atoms. The number of likely N-dealkylation sites (tertiary alicyclic amines) is 1. The number of rotatable bonds is 5. The summed E-state index contributed by atoms with van der Waals surface area (Å²) in [6.45, 7) is 4.00. The Balaban J connectivity index is 1.76. The van der Waals surface area contributed by atoms with Crippen molar-refractivity contribution in [1.82, 2.24) is 24.6 Å². The Morgan fingerprint density at radius 1 is 1.38 bits per heavy atom. The number of amides is 1. The fraction of sp³-hybridized carbons (Fsp3) is 0.562. The van der Waals surface area contributed by atoms with Crippen molar-refractivity contribution in [2.24, 2.45) is 0 Å². The molecule has 1 fully saturated rings. The van der Waals surface area contributed by atoms with Gasteiger partial charge in [-0.2, -0.15) is 10.4 Å². The monoisotopic (exact) mass is 327 g/mol. The number of hydrogen-bond acceptors (Lipinski definition) is 6. The van der Waals surface area contributed by atoms with Crippen molar-refractivity contribution < 1.29 is 4.79 Å². The van der Waals surface area contributed by atoms with E-state index in [-0.39, 0.29) is 11.9 Å². The minimum atomic E-state index is -0.358. The topological polar surface area (TPSA) is 99.7 Å². The van der Waals surface area contributed by atoms with E-state index in [1.54, 1.807) is 10.9 Å². The fourth-order valence-corrected chi connectivity index (χ4v) is 2.98. The van der Waals surface area contributed by atoms with Crippen molar-refractivity contribution in [3.8, 4) is 6.07 Å². The van der Waals surface area contributed by atoms with Crippen LogP contribution in [0.1, 0.15) is 32.6 Å². The number of fused-ring (bicyclic) bond motifs is 1. The van der Waals surface area contributed by atoms with E-state index in [1.807, 2.05) is 11.8 Å². The smallest absolute Gasteiger partial charge is 0.244 e. The van der Waals surface area contributed by atoms with Crippen LogP contribution in [0, 0.1) is 11.3 Å². The van der Waals surface area contributed by atoms with Gasteiger partial charge in [0.15, 0.2) is 5.65 Å². The fourth-order valence-electron chi connectivity index (χ4n) is 2.98. The SMILES string of the molecule is C[C@H](Nc1ncnc2c1cnn2CCC#N)C(=O)N1CCCCC1. The van der Waals surface area contributed by atoms with Crippen LogP contribution in [-0.2, 0) is 11.3 Å². The van der Waals surface area contributed by atoms with Crippen molar-refractivity contribution in [3.63, 3.8) is 0 Å². The molecule has 8 heteroatoms. The van der Waals surface area contributed by atoms with Crippen molar-refractivity contribution >= 4 is 22.8 Å². The molecule has 1 saturated heterocycles. The molecule has 0 radical (unpaired) electrons. The summed E-state index contributed by atoms with van der Waals surface area (Å²) in [5.41, 5.74) is 0.667. The molecule has 0 aromatic carbocycles. The molecule has 1 N–H and O–H groups in total. The first-order valence-corrected chi connectivity index (χ1v) is 8.29. The highest BCUT2D eigenvalue weighted by Crippen LogP contribution is 2.20. The molecular weight excluding hydrogens is 306 g/mol. The van der Waals surface area contributed by atoms with Gasteiger partial charge in [-0.05, 0) is 26.2 Å². The van der Waals surface area contributed by atoms with Crippen LogP contribution in [0.25, 0.3) is 11.0 Å². The number of piperidine rings is 1. The summed E-state index contributed by atoms with van der Waals surface area (Å²) in [5, 5.41) is 16.9. The number of carbonyl (C=O) groups excluding carboxylic acids is 1. The molecule has 1 atom stereocenters. The molecule has 3 heterocycles. The summed E-state index contributed by atoms with van der Waals surface area (Å²) in [6, 6.07) is 1.74. The zero-order valence-electron chi connectivity index (χ0n) is 13.8. The minimum Gasteiger partial charge on any atom is -0.358 e. The number of nitrogens with one attached hydrogen (secondary N) is 1. The van der Waals surface area contributed by atoms with Gasteiger partial charge in [0, 0.05) is 13.1 Å². The van der Waals surface area contributed by atoms with Crippen molar-refractivity contribution in [3.05, 3.63) is 12.5 Å². The van der Waals surface area contributed by atoms with Crippen LogP contribution in [0.2, 0.25) is 0 Å². The van der Waals surface area contributed by atoms with Gasteiger partial charge in [0.1, 0.15) is 18.2 Å². The lowest BCUT2D eigenvalue weighted by molar-refractivity contribution is -0.132. The highest BCUT2D eigenvalue weighted by atomic mass is 16.2. The van der Waals surface area contributed by atoms with Crippen LogP contribution in [0.4, 0.5) is 5.82 Å². The Morgan fingerprint density at radius 3 is 2.92 bits per heavy atom. The first-order valence-electron chi connectivity index (χ1n) is 8.29. The largest absolute Gasteiger partial charge is 0.358 e. The molecule has 1 aliphatic rings. The summed E-state index contributed by atoms with van der Waals surface area (Å²) in [7, 11) is 0. The zero-order valence-corrected chi connectivity index (χ0v) is 13.8. The van der Waals surface area contributed by atoms with E-state index < -0.39 is 0 Å².